The van der Waals surface area contributed by atoms with Crippen LogP contribution in [0, 0.1) is 19.8 Å². The topological polar surface area (TPSA) is 24.1 Å². The van der Waals surface area contributed by atoms with E-state index in [9.17, 15) is 0 Å². The summed E-state index contributed by atoms with van der Waals surface area (Å²) in [5.74, 6) is 0.785. The van der Waals surface area contributed by atoms with Gasteiger partial charge >= 0.3 is 0 Å². The summed E-state index contributed by atoms with van der Waals surface area (Å²) in [5, 5.41) is 7.07. The predicted octanol–water partition coefficient (Wildman–Crippen LogP) is 2.71. The highest BCUT2D eigenvalue weighted by Crippen LogP contribution is 2.20. The summed E-state index contributed by atoms with van der Waals surface area (Å²) in [6.45, 7) is 7.80. The summed E-state index contributed by atoms with van der Waals surface area (Å²) in [4.78, 5) is 0. The molecule has 0 saturated carbocycles. The van der Waals surface area contributed by atoms with Crippen molar-refractivity contribution in [1.82, 2.24) is 5.32 Å². The summed E-state index contributed by atoms with van der Waals surface area (Å²) in [7, 11) is 0. The van der Waals surface area contributed by atoms with E-state index in [4.69, 9.17) is 0 Å². The van der Waals surface area contributed by atoms with Crippen LogP contribution in [-0.2, 0) is 0 Å². The third kappa shape index (κ3) is 2.76. The van der Waals surface area contributed by atoms with E-state index in [1.54, 1.807) is 0 Å². The molecule has 1 aliphatic rings. The van der Waals surface area contributed by atoms with Crippen molar-refractivity contribution < 1.29 is 0 Å². The summed E-state index contributed by atoms with van der Waals surface area (Å²) in [5.41, 5.74) is 4.03. The molecular weight excluding hydrogens is 196 g/mol. The second-order valence-electron chi connectivity index (χ2n) is 4.86. The highest BCUT2D eigenvalue weighted by atomic mass is 14.9. The zero-order valence-electron chi connectivity index (χ0n) is 10.3. The van der Waals surface area contributed by atoms with Crippen LogP contribution in [0.5, 0.6) is 0 Å². The highest BCUT2D eigenvalue weighted by Gasteiger charge is 2.13. The van der Waals surface area contributed by atoms with Crippen LogP contribution < -0.4 is 10.6 Å². The molecule has 1 heterocycles. The van der Waals surface area contributed by atoms with Crippen molar-refractivity contribution in [2.24, 2.45) is 5.92 Å². The van der Waals surface area contributed by atoms with Gasteiger partial charge in [0, 0.05) is 12.2 Å². The minimum Gasteiger partial charge on any atom is -0.384 e. The molecule has 0 amide bonds. The molecule has 1 atom stereocenters. The van der Waals surface area contributed by atoms with Gasteiger partial charge in [-0.1, -0.05) is 18.2 Å². The van der Waals surface area contributed by atoms with E-state index < -0.39 is 0 Å². The van der Waals surface area contributed by atoms with Crippen molar-refractivity contribution in [3.63, 3.8) is 0 Å². The van der Waals surface area contributed by atoms with Crippen LogP contribution in [-0.4, -0.2) is 19.6 Å². The fourth-order valence-electron chi connectivity index (χ4n) is 2.44. The number of aryl methyl sites for hydroxylation is 2. The Morgan fingerprint density at radius 1 is 1.31 bits per heavy atom. The average molecular weight is 218 g/mol. The Labute approximate surface area is 98.4 Å². The van der Waals surface area contributed by atoms with Gasteiger partial charge in [0.15, 0.2) is 0 Å². The molecule has 1 aromatic carbocycles. The first-order chi connectivity index (χ1) is 7.77. The molecule has 1 saturated heterocycles. The molecule has 1 aliphatic heterocycles. The van der Waals surface area contributed by atoms with Crippen molar-refractivity contribution >= 4 is 5.69 Å². The molecule has 0 spiro atoms. The first-order valence-electron chi connectivity index (χ1n) is 6.28. The Hall–Kier alpha value is -1.02. The molecule has 0 aliphatic carbocycles. The third-order valence-corrected chi connectivity index (χ3v) is 3.45. The van der Waals surface area contributed by atoms with Crippen molar-refractivity contribution in [3.8, 4) is 0 Å². The second-order valence-corrected chi connectivity index (χ2v) is 4.86. The van der Waals surface area contributed by atoms with Crippen LogP contribution in [0.25, 0.3) is 0 Å². The molecule has 2 nitrogen and oxygen atoms in total. The fraction of sp³-hybridized carbons (Fsp3) is 0.571. The Morgan fingerprint density at radius 3 is 2.69 bits per heavy atom. The maximum atomic E-state index is 3.61. The quantitative estimate of drug-likeness (QED) is 0.815. The molecule has 0 bridgehead atoms. The summed E-state index contributed by atoms with van der Waals surface area (Å²) < 4.78 is 0. The van der Waals surface area contributed by atoms with Crippen LogP contribution >= 0.6 is 0 Å². The van der Waals surface area contributed by atoms with Crippen LogP contribution in [0.2, 0.25) is 0 Å². The smallest absolute Gasteiger partial charge is 0.0399 e. The molecule has 0 unspecified atom stereocenters. The van der Waals surface area contributed by atoms with Crippen LogP contribution in [0.3, 0.4) is 0 Å². The number of hydrogen-bond acceptors (Lipinski definition) is 2. The van der Waals surface area contributed by atoms with Gasteiger partial charge in [0.2, 0.25) is 0 Å². The number of benzene rings is 1. The van der Waals surface area contributed by atoms with Crippen LogP contribution in [0.1, 0.15) is 24.0 Å². The van der Waals surface area contributed by atoms with Crippen molar-refractivity contribution in [3.05, 3.63) is 29.3 Å². The van der Waals surface area contributed by atoms with Gasteiger partial charge in [-0.15, -0.1) is 0 Å². The Balaban J connectivity index is 1.93. The van der Waals surface area contributed by atoms with Crippen molar-refractivity contribution in [2.45, 2.75) is 26.7 Å². The van der Waals surface area contributed by atoms with Crippen molar-refractivity contribution in [1.29, 1.82) is 0 Å². The lowest BCUT2D eigenvalue weighted by molar-refractivity contribution is 0.393. The van der Waals surface area contributed by atoms with Crippen LogP contribution in [0.4, 0.5) is 5.69 Å². The van der Waals surface area contributed by atoms with Gasteiger partial charge in [-0.25, -0.2) is 0 Å². The molecule has 2 N–H and O–H groups in total. The number of anilines is 1. The van der Waals surface area contributed by atoms with Crippen molar-refractivity contribution in [2.75, 3.05) is 25.0 Å². The highest BCUT2D eigenvalue weighted by molar-refractivity contribution is 5.56. The zero-order valence-corrected chi connectivity index (χ0v) is 10.3. The Morgan fingerprint density at radius 2 is 2.06 bits per heavy atom. The second kappa shape index (κ2) is 5.35. The number of rotatable bonds is 3. The van der Waals surface area contributed by atoms with E-state index in [0.29, 0.717) is 0 Å². The molecule has 16 heavy (non-hydrogen) atoms. The molecule has 0 aromatic heterocycles. The third-order valence-electron chi connectivity index (χ3n) is 3.45. The summed E-state index contributed by atoms with van der Waals surface area (Å²) in [6.07, 6.45) is 2.67. The minimum absolute atomic E-state index is 0.785. The largest absolute Gasteiger partial charge is 0.384 e. The van der Waals surface area contributed by atoms with Crippen LogP contribution in [0.15, 0.2) is 18.2 Å². The van der Waals surface area contributed by atoms with E-state index in [1.165, 1.54) is 36.2 Å². The standard InChI is InChI=1S/C14H22N2/c1-11-5-3-6-12(2)14(11)16-10-13-7-4-8-15-9-13/h3,5-6,13,15-16H,4,7-10H2,1-2H3/t13-/m1/s1. The molecule has 2 rings (SSSR count). The molecule has 1 aromatic rings. The zero-order chi connectivity index (χ0) is 11.4. The SMILES string of the molecule is Cc1cccc(C)c1NC[C@@H]1CCCNC1. The predicted molar refractivity (Wildman–Crippen MR) is 70.0 cm³/mol. The van der Waals surface area contributed by atoms with Gasteiger partial charge in [-0.2, -0.15) is 0 Å². The van der Waals surface area contributed by atoms with E-state index in [2.05, 4.69) is 42.7 Å². The Kier molecular flexibility index (Phi) is 3.83. The number of para-hydroxylation sites is 1. The van der Waals surface area contributed by atoms with E-state index in [1.807, 2.05) is 0 Å². The molecule has 1 fully saturated rings. The van der Waals surface area contributed by atoms with Gasteiger partial charge in [0.25, 0.3) is 0 Å². The van der Waals surface area contributed by atoms with E-state index >= 15 is 0 Å². The van der Waals surface area contributed by atoms with Gasteiger partial charge < -0.3 is 10.6 Å². The normalized spacial score (nSPS) is 20.8. The lowest BCUT2D eigenvalue weighted by Crippen LogP contribution is -2.33. The van der Waals surface area contributed by atoms with Gasteiger partial charge in [0.1, 0.15) is 0 Å². The summed E-state index contributed by atoms with van der Waals surface area (Å²) in [6, 6.07) is 6.47. The van der Waals surface area contributed by atoms with Gasteiger partial charge in [-0.3, -0.25) is 0 Å². The maximum Gasteiger partial charge on any atom is 0.0399 e. The minimum atomic E-state index is 0.785. The molecule has 88 valence electrons. The lowest BCUT2D eigenvalue weighted by Gasteiger charge is -2.24. The molecule has 0 radical (unpaired) electrons. The average Bonchev–Trinajstić information content (AvgIpc) is 2.30. The molecular formula is C14H22N2. The summed E-state index contributed by atoms with van der Waals surface area (Å²) >= 11 is 0. The fourth-order valence-corrected chi connectivity index (χ4v) is 2.44. The first kappa shape index (κ1) is 11.5. The lowest BCUT2D eigenvalue weighted by atomic mass is 9.99. The van der Waals surface area contributed by atoms with Gasteiger partial charge in [0.05, 0.1) is 0 Å². The monoisotopic (exact) mass is 218 g/mol. The first-order valence-corrected chi connectivity index (χ1v) is 6.28. The number of nitrogens with one attached hydrogen (secondary N) is 2. The Bertz CT molecular complexity index is 320. The maximum absolute atomic E-state index is 3.61. The van der Waals surface area contributed by atoms with E-state index in [-0.39, 0.29) is 0 Å². The van der Waals surface area contributed by atoms with Gasteiger partial charge in [-0.05, 0) is 56.8 Å². The number of hydrogen-bond donors (Lipinski definition) is 2. The van der Waals surface area contributed by atoms with E-state index in [0.717, 1.165) is 19.0 Å². The molecule has 2 heteroatoms. The number of piperidine rings is 1.